The van der Waals surface area contributed by atoms with Crippen molar-refractivity contribution in [2.45, 2.75) is 19.2 Å². The Morgan fingerprint density at radius 1 is 1.15 bits per heavy atom. The first kappa shape index (κ1) is 24.2. The van der Waals surface area contributed by atoms with Crippen molar-refractivity contribution in [1.29, 1.82) is 0 Å². The van der Waals surface area contributed by atoms with Crippen molar-refractivity contribution in [2.24, 2.45) is 0 Å². The Hall–Kier alpha value is -3.49. The number of hydrogen-bond acceptors (Lipinski definition) is 7. The van der Waals surface area contributed by atoms with Crippen molar-refractivity contribution in [2.75, 3.05) is 24.9 Å². The summed E-state index contributed by atoms with van der Waals surface area (Å²) in [6.45, 7) is 1.69. The fourth-order valence-electron chi connectivity index (χ4n) is 2.88. The van der Waals surface area contributed by atoms with Crippen LogP contribution in [-0.2, 0) is 15.8 Å². The Bertz CT molecular complexity index is 1200. The summed E-state index contributed by atoms with van der Waals surface area (Å²) in [6.07, 6.45) is -3.25. The van der Waals surface area contributed by atoms with Crippen LogP contribution in [0, 0.1) is 0 Å². The van der Waals surface area contributed by atoms with Gasteiger partial charge in [-0.2, -0.15) is 18.3 Å². The molecule has 3 N–H and O–H groups in total. The maximum Gasteiger partial charge on any atom is 0.418 e. The van der Waals surface area contributed by atoms with Crippen LogP contribution in [0.15, 0.2) is 24.5 Å². The van der Waals surface area contributed by atoms with E-state index in [1.165, 1.54) is 23.9 Å². The standard InChI is InChI=1S/C18H17ClF3N7O4/c1-8(32-2)15-11(7-23-13-5-12(19)27-29(13)15)26-17(31)25-9-4-10(18(20,21)22)14(24-6-9)16(30)28-33-3/h4-8H,1-3H3,(H,28,30)(H2,25,26,31)/t8-/m0/s1. The lowest BCUT2D eigenvalue weighted by Gasteiger charge is -2.17. The highest BCUT2D eigenvalue weighted by Crippen LogP contribution is 2.33. The van der Waals surface area contributed by atoms with Crippen molar-refractivity contribution in [1.82, 2.24) is 25.1 Å². The van der Waals surface area contributed by atoms with E-state index in [0.717, 1.165) is 13.3 Å². The van der Waals surface area contributed by atoms with Gasteiger partial charge in [0.2, 0.25) is 0 Å². The van der Waals surface area contributed by atoms with E-state index in [1.54, 1.807) is 12.4 Å². The van der Waals surface area contributed by atoms with Gasteiger partial charge in [0, 0.05) is 13.2 Å². The smallest absolute Gasteiger partial charge is 0.375 e. The minimum Gasteiger partial charge on any atom is -0.375 e. The van der Waals surface area contributed by atoms with Gasteiger partial charge in [-0.05, 0) is 13.0 Å². The average Bonchev–Trinajstić information content (AvgIpc) is 3.12. The highest BCUT2D eigenvalue weighted by molar-refractivity contribution is 6.29. The second kappa shape index (κ2) is 9.56. The number of nitrogens with one attached hydrogen (secondary N) is 3. The van der Waals surface area contributed by atoms with Crippen molar-refractivity contribution >= 4 is 40.6 Å². The zero-order valence-corrected chi connectivity index (χ0v) is 18.1. The molecule has 3 aromatic heterocycles. The van der Waals surface area contributed by atoms with Gasteiger partial charge in [0.05, 0.1) is 48.2 Å². The van der Waals surface area contributed by atoms with Crippen LogP contribution in [0.25, 0.3) is 5.65 Å². The van der Waals surface area contributed by atoms with E-state index in [1.807, 2.05) is 0 Å². The third-order valence-corrected chi connectivity index (χ3v) is 4.52. The van der Waals surface area contributed by atoms with Crippen molar-refractivity contribution < 1.29 is 32.3 Å². The molecular formula is C18H17ClF3N7O4. The molecule has 15 heteroatoms. The molecule has 0 spiro atoms. The molecule has 0 saturated heterocycles. The molecule has 0 bridgehead atoms. The molecule has 3 aromatic rings. The molecule has 176 valence electrons. The minimum atomic E-state index is -4.92. The summed E-state index contributed by atoms with van der Waals surface area (Å²) in [5.74, 6) is -1.20. The van der Waals surface area contributed by atoms with Crippen molar-refractivity contribution in [3.05, 3.63) is 46.6 Å². The van der Waals surface area contributed by atoms with E-state index >= 15 is 0 Å². The van der Waals surface area contributed by atoms with Gasteiger partial charge in [-0.25, -0.2) is 24.8 Å². The lowest BCUT2D eigenvalue weighted by atomic mass is 10.1. The van der Waals surface area contributed by atoms with Crippen molar-refractivity contribution in [3.63, 3.8) is 0 Å². The summed E-state index contributed by atoms with van der Waals surface area (Å²) >= 11 is 5.93. The molecule has 0 fully saturated rings. The summed E-state index contributed by atoms with van der Waals surface area (Å²) < 4.78 is 46.9. The molecule has 3 amide bonds. The van der Waals surface area contributed by atoms with E-state index in [2.05, 4.69) is 30.5 Å². The molecular weight excluding hydrogens is 471 g/mol. The van der Waals surface area contributed by atoms with Gasteiger partial charge in [-0.1, -0.05) is 11.6 Å². The van der Waals surface area contributed by atoms with Gasteiger partial charge in [0.25, 0.3) is 5.91 Å². The predicted octanol–water partition coefficient (Wildman–Crippen LogP) is 3.44. The Morgan fingerprint density at radius 2 is 1.88 bits per heavy atom. The molecule has 0 aliphatic carbocycles. The maximum atomic E-state index is 13.4. The van der Waals surface area contributed by atoms with Gasteiger partial charge in [0.15, 0.2) is 10.8 Å². The van der Waals surface area contributed by atoms with Gasteiger partial charge in [-0.15, -0.1) is 0 Å². The normalized spacial score (nSPS) is 12.5. The summed E-state index contributed by atoms with van der Waals surface area (Å²) in [4.78, 5) is 36.3. The summed E-state index contributed by atoms with van der Waals surface area (Å²) in [5, 5.41) is 8.99. The zero-order chi connectivity index (χ0) is 24.3. The molecule has 11 nitrogen and oxygen atoms in total. The first-order valence-corrected chi connectivity index (χ1v) is 9.48. The van der Waals surface area contributed by atoms with E-state index < -0.39 is 35.5 Å². The fraction of sp³-hybridized carbons (Fsp3) is 0.278. The second-order valence-corrected chi connectivity index (χ2v) is 6.89. The van der Waals surface area contributed by atoms with Crippen LogP contribution < -0.4 is 16.1 Å². The molecule has 0 radical (unpaired) electrons. The highest BCUT2D eigenvalue weighted by Gasteiger charge is 2.37. The van der Waals surface area contributed by atoms with Crippen LogP contribution in [0.1, 0.15) is 34.8 Å². The largest absolute Gasteiger partial charge is 0.418 e. The third-order valence-electron chi connectivity index (χ3n) is 4.34. The number of nitrogens with zero attached hydrogens (tertiary/aromatic N) is 4. The number of hydroxylamine groups is 1. The number of alkyl halides is 3. The number of methoxy groups -OCH3 is 1. The molecule has 0 aliphatic heterocycles. The number of ether oxygens (including phenoxy) is 1. The SMILES string of the molecule is CONC(=O)c1ncc(NC(=O)Nc2cnc3cc(Cl)nn3c2[C@H](C)OC)cc1C(F)(F)F. The second-order valence-electron chi connectivity index (χ2n) is 6.50. The Labute approximate surface area is 189 Å². The van der Waals surface area contributed by atoms with E-state index in [0.29, 0.717) is 17.4 Å². The third kappa shape index (κ3) is 5.30. The van der Waals surface area contributed by atoms with Gasteiger partial charge in [0.1, 0.15) is 5.69 Å². The molecule has 3 heterocycles. The van der Waals surface area contributed by atoms with E-state index in [4.69, 9.17) is 16.3 Å². The van der Waals surface area contributed by atoms with Crippen LogP contribution in [0.4, 0.5) is 29.3 Å². The van der Waals surface area contributed by atoms with E-state index in [9.17, 15) is 22.8 Å². The van der Waals surface area contributed by atoms with Crippen LogP contribution in [0.5, 0.6) is 0 Å². The first-order valence-electron chi connectivity index (χ1n) is 9.10. The van der Waals surface area contributed by atoms with Gasteiger partial charge in [-0.3, -0.25) is 9.63 Å². The number of hydrogen-bond donors (Lipinski definition) is 3. The number of anilines is 2. The quantitative estimate of drug-likeness (QED) is 0.454. The number of carbonyl (C=O) groups excluding carboxylic acids is 2. The van der Waals surface area contributed by atoms with Crippen LogP contribution in [0.3, 0.4) is 0 Å². The van der Waals surface area contributed by atoms with Gasteiger partial charge < -0.3 is 15.4 Å². The number of urea groups is 1. The molecule has 33 heavy (non-hydrogen) atoms. The number of aromatic nitrogens is 4. The van der Waals surface area contributed by atoms with Crippen LogP contribution in [0.2, 0.25) is 5.15 Å². The van der Waals surface area contributed by atoms with Gasteiger partial charge >= 0.3 is 12.2 Å². The number of amides is 3. The topological polar surface area (TPSA) is 132 Å². The summed E-state index contributed by atoms with van der Waals surface area (Å²) in [6, 6.07) is 1.18. The molecule has 0 unspecified atom stereocenters. The predicted molar refractivity (Wildman–Crippen MR) is 110 cm³/mol. The average molecular weight is 488 g/mol. The summed E-state index contributed by atoms with van der Waals surface area (Å²) in [7, 11) is 2.50. The number of carbonyl (C=O) groups is 2. The van der Waals surface area contributed by atoms with E-state index in [-0.39, 0.29) is 16.5 Å². The molecule has 0 aliphatic rings. The van der Waals surface area contributed by atoms with Crippen LogP contribution >= 0.6 is 11.6 Å². The maximum absolute atomic E-state index is 13.4. The zero-order valence-electron chi connectivity index (χ0n) is 17.3. The summed E-state index contributed by atoms with van der Waals surface area (Å²) in [5.41, 5.74) is 0.138. The molecule has 0 aromatic carbocycles. The Kier molecular flexibility index (Phi) is 7.00. The lowest BCUT2D eigenvalue weighted by molar-refractivity contribution is -0.138. The number of fused-ring (bicyclic) bond motifs is 1. The van der Waals surface area contributed by atoms with Crippen LogP contribution in [-0.4, -0.2) is 45.7 Å². The highest BCUT2D eigenvalue weighted by atomic mass is 35.5. The first-order chi connectivity index (χ1) is 15.5. The minimum absolute atomic E-state index is 0.164. The lowest BCUT2D eigenvalue weighted by Crippen LogP contribution is -2.27. The Balaban J connectivity index is 1.89. The Morgan fingerprint density at radius 3 is 2.52 bits per heavy atom. The molecule has 1 atom stereocenters. The monoisotopic (exact) mass is 487 g/mol. The molecule has 0 saturated carbocycles. The fourth-order valence-corrected chi connectivity index (χ4v) is 3.05. The number of rotatable bonds is 6. The molecule has 3 rings (SSSR count). The number of pyridine rings is 1. The van der Waals surface area contributed by atoms with Crippen molar-refractivity contribution in [3.8, 4) is 0 Å². The number of halogens is 4.